The Morgan fingerprint density at radius 2 is 2.04 bits per heavy atom. The summed E-state index contributed by atoms with van der Waals surface area (Å²) in [6, 6.07) is 12.3. The van der Waals surface area contributed by atoms with Gasteiger partial charge in [-0.25, -0.2) is 4.98 Å². The van der Waals surface area contributed by atoms with Gasteiger partial charge in [0.05, 0.1) is 22.1 Å². The van der Waals surface area contributed by atoms with E-state index in [-0.39, 0.29) is 6.04 Å². The molecule has 0 aliphatic carbocycles. The molecule has 0 amide bonds. The number of quaternary nitrogens is 1. The van der Waals surface area contributed by atoms with Crippen LogP contribution < -0.4 is 4.90 Å². The molecule has 7 heteroatoms. The molecule has 4 aromatic rings. The smallest absolute Gasteiger partial charge is 0.274 e. The highest BCUT2D eigenvalue weighted by atomic mass is 32.1. The lowest BCUT2D eigenvalue weighted by Gasteiger charge is -2.17. The average Bonchev–Trinajstić information content (AvgIpc) is 3.32. The summed E-state index contributed by atoms with van der Waals surface area (Å²) in [5, 5.41) is 11.5. The maximum Gasteiger partial charge on any atom is 0.274 e. The monoisotopic (exact) mass is 357 g/mol. The van der Waals surface area contributed by atoms with Gasteiger partial charge >= 0.3 is 0 Å². The van der Waals surface area contributed by atoms with Crippen molar-refractivity contribution in [2.24, 2.45) is 0 Å². The molecule has 122 valence electrons. The van der Waals surface area contributed by atoms with Gasteiger partial charge in [-0.1, -0.05) is 18.2 Å². The second-order valence-corrected chi connectivity index (χ2v) is 7.81. The maximum atomic E-state index is 5.86. The SMILES string of the molecule is C[C@@H](c1nnc(-c2cccs2)o1)[NH+](C)Cc1nc2ccccc2s1. The van der Waals surface area contributed by atoms with Crippen molar-refractivity contribution in [3.8, 4) is 10.8 Å². The zero-order valence-electron chi connectivity index (χ0n) is 13.4. The van der Waals surface area contributed by atoms with E-state index in [9.17, 15) is 0 Å². The summed E-state index contributed by atoms with van der Waals surface area (Å²) >= 11 is 3.35. The molecule has 0 aliphatic rings. The molecule has 3 heterocycles. The van der Waals surface area contributed by atoms with Gasteiger partial charge in [0.15, 0.2) is 6.04 Å². The van der Waals surface area contributed by atoms with Crippen LogP contribution in [-0.4, -0.2) is 22.2 Å². The summed E-state index contributed by atoms with van der Waals surface area (Å²) in [6.45, 7) is 2.94. The predicted molar refractivity (Wildman–Crippen MR) is 96.2 cm³/mol. The van der Waals surface area contributed by atoms with Crippen molar-refractivity contribution in [1.82, 2.24) is 15.2 Å². The van der Waals surface area contributed by atoms with E-state index in [4.69, 9.17) is 9.40 Å². The number of rotatable bonds is 5. The van der Waals surface area contributed by atoms with Crippen molar-refractivity contribution in [2.75, 3.05) is 7.05 Å². The Hall–Kier alpha value is -2.09. The van der Waals surface area contributed by atoms with Crippen molar-refractivity contribution in [2.45, 2.75) is 19.5 Å². The van der Waals surface area contributed by atoms with Crippen molar-refractivity contribution < 1.29 is 9.32 Å². The zero-order valence-corrected chi connectivity index (χ0v) is 15.0. The van der Waals surface area contributed by atoms with Crippen molar-refractivity contribution in [3.63, 3.8) is 0 Å². The molecule has 1 unspecified atom stereocenters. The Labute approximate surface area is 147 Å². The molecule has 0 fully saturated rings. The molecular weight excluding hydrogens is 340 g/mol. The summed E-state index contributed by atoms with van der Waals surface area (Å²) < 4.78 is 7.09. The van der Waals surface area contributed by atoms with Crippen LogP contribution in [0.4, 0.5) is 0 Å². The van der Waals surface area contributed by atoms with Crippen molar-refractivity contribution in [1.29, 1.82) is 0 Å². The van der Waals surface area contributed by atoms with Crippen LogP contribution in [0.25, 0.3) is 21.0 Å². The van der Waals surface area contributed by atoms with Crippen LogP contribution >= 0.6 is 22.7 Å². The Morgan fingerprint density at radius 3 is 2.83 bits per heavy atom. The topological polar surface area (TPSA) is 56.2 Å². The van der Waals surface area contributed by atoms with Gasteiger partial charge in [-0.15, -0.1) is 32.9 Å². The van der Waals surface area contributed by atoms with E-state index in [1.807, 2.05) is 29.6 Å². The van der Waals surface area contributed by atoms with Gasteiger partial charge in [-0.3, -0.25) is 0 Å². The number of fused-ring (bicyclic) bond motifs is 1. The highest BCUT2D eigenvalue weighted by Crippen LogP contribution is 2.24. The van der Waals surface area contributed by atoms with Gasteiger partial charge < -0.3 is 9.32 Å². The Bertz CT molecular complexity index is 911. The fraction of sp³-hybridized carbons (Fsp3) is 0.235. The lowest BCUT2D eigenvalue weighted by atomic mass is 10.3. The molecular formula is C17H17N4OS2+. The van der Waals surface area contributed by atoms with Gasteiger partial charge in [-0.2, -0.15) is 0 Å². The van der Waals surface area contributed by atoms with Gasteiger partial charge in [0.2, 0.25) is 0 Å². The molecule has 0 saturated heterocycles. The molecule has 0 bridgehead atoms. The van der Waals surface area contributed by atoms with Gasteiger partial charge in [0.25, 0.3) is 11.8 Å². The van der Waals surface area contributed by atoms with Crippen molar-refractivity contribution >= 4 is 32.9 Å². The summed E-state index contributed by atoms with van der Waals surface area (Å²) in [5.74, 6) is 1.26. The average molecular weight is 357 g/mol. The van der Waals surface area contributed by atoms with E-state index >= 15 is 0 Å². The Morgan fingerprint density at radius 1 is 1.17 bits per heavy atom. The second kappa shape index (κ2) is 6.43. The minimum atomic E-state index is 0.109. The maximum absolute atomic E-state index is 5.86. The van der Waals surface area contributed by atoms with Gasteiger partial charge in [0.1, 0.15) is 11.6 Å². The number of hydrogen-bond donors (Lipinski definition) is 1. The zero-order chi connectivity index (χ0) is 16.5. The van der Waals surface area contributed by atoms with Crippen LogP contribution in [0.3, 0.4) is 0 Å². The lowest BCUT2D eigenvalue weighted by molar-refractivity contribution is -0.925. The minimum absolute atomic E-state index is 0.109. The van der Waals surface area contributed by atoms with Crippen LogP contribution in [0.15, 0.2) is 46.2 Å². The third-order valence-corrected chi connectivity index (χ3v) is 5.94. The number of aromatic nitrogens is 3. The van der Waals surface area contributed by atoms with Gasteiger partial charge in [0, 0.05) is 0 Å². The van der Waals surface area contributed by atoms with Crippen LogP contribution in [0.2, 0.25) is 0 Å². The Balaban J connectivity index is 1.50. The first-order valence-corrected chi connectivity index (χ1v) is 9.44. The Kier molecular flexibility index (Phi) is 4.13. The number of nitrogens with one attached hydrogen (secondary N) is 1. The molecule has 24 heavy (non-hydrogen) atoms. The molecule has 0 aliphatic heterocycles. The van der Waals surface area contributed by atoms with Crippen LogP contribution in [0, 0.1) is 0 Å². The fourth-order valence-electron chi connectivity index (χ4n) is 2.51. The van der Waals surface area contributed by atoms with E-state index in [1.165, 1.54) is 9.60 Å². The highest BCUT2D eigenvalue weighted by molar-refractivity contribution is 7.18. The minimum Gasteiger partial charge on any atom is -0.414 e. The van der Waals surface area contributed by atoms with Crippen LogP contribution in [0.5, 0.6) is 0 Å². The summed E-state index contributed by atoms with van der Waals surface area (Å²) in [5.41, 5.74) is 1.07. The first-order chi connectivity index (χ1) is 11.7. The summed E-state index contributed by atoms with van der Waals surface area (Å²) in [7, 11) is 2.13. The normalized spacial score (nSPS) is 14.1. The molecule has 1 aromatic carbocycles. The summed E-state index contributed by atoms with van der Waals surface area (Å²) in [4.78, 5) is 6.99. The van der Waals surface area contributed by atoms with Gasteiger partial charge in [-0.05, 0) is 30.5 Å². The quantitative estimate of drug-likeness (QED) is 0.596. The standard InChI is InChI=1S/C17H16N4OS2/c1-11(16-19-20-17(22-16)14-8-5-9-23-14)21(2)10-15-18-12-6-3-4-7-13(12)24-15/h3-9,11H,10H2,1-2H3/p+1/t11-/m0/s1. The molecule has 4 rings (SSSR count). The van der Waals surface area contributed by atoms with Crippen molar-refractivity contribution in [3.05, 3.63) is 52.7 Å². The number of benzene rings is 1. The third kappa shape index (κ3) is 2.98. The molecule has 5 nitrogen and oxygen atoms in total. The number of nitrogens with zero attached hydrogens (tertiary/aromatic N) is 3. The fourth-order valence-corrected chi connectivity index (χ4v) is 4.21. The molecule has 0 radical (unpaired) electrons. The largest absolute Gasteiger partial charge is 0.414 e. The first kappa shape index (κ1) is 15.4. The van der Waals surface area contributed by atoms with E-state index < -0.39 is 0 Å². The first-order valence-electron chi connectivity index (χ1n) is 7.75. The molecule has 0 spiro atoms. The number of thiazole rings is 1. The number of para-hydroxylation sites is 1. The highest BCUT2D eigenvalue weighted by Gasteiger charge is 2.23. The number of thiophene rings is 1. The molecule has 3 aromatic heterocycles. The third-order valence-electron chi connectivity index (χ3n) is 4.05. The van der Waals surface area contributed by atoms with E-state index in [0.29, 0.717) is 11.8 Å². The van der Waals surface area contributed by atoms with E-state index in [0.717, 1.165) is 21.9 Å². The van der Waals surface area contributed by atoms with E-state index in [2.05, 4.69) is 36.3 Å². The molecule has 0 saturated carbocycles. The number of hydrogen-bond acceptors (Lipinski definition) is 6. The molecule has 2 atom stereocenters. The lowest BCUT2D eigenvalue weighted by Crippen LogP contribution is -3.07. The predicted octanol–water partition coefficient (Wildman–Crippen LogP) is 3.18. The summed E-state index contributed by atoms with van der Waals surface area (Å²) in [6.07, 6.45) is 0. The van der Waals surface area contributed by atoms with Crippen LogP contribution in [-0.2, 0) is 6.54 Å². The van der Waals surface area contributed by atoms with Crippen LogP contribution in [0.1, 0.15) is 23.9 Å². The molecule has 1 N–H and O–H groups in total. The van der Waals surface area contributed by atoms with E-state index in [1.54, 1.807) is 22.7 Å². The second-order valence-electron chi connectivity index (χ2n) is 5.74.